The van der Waals surface area contributed by atoms with Crippen molar-refractivity contribution in [2.45, 2.75) is 70.4 Å². The minimum Gasteiger partial charge on any atom is -0.462 e. The van der Waals surface area contributed by atoms with Crippen LogP contribution < -0.4 is 10.8 Å². The van der Waals surface area contributed by atoms with E-state index in [-0.39, 0.29) is 22.7 Å². The lowest BCUT2D eigenvalue weighted by atomic mass is 9.97. The summed E-state index contributed by atoms with van der Waals surface area (Å²) < 4.78 is 79.7. The lowest BCUT2D eigenvalue weighted by Gasteiger charge is -2.32. The molecule has 0 aromatic carbocycles. The zero-order valence-corrected chi connectivity index (χ0v) is 22.4. The standard InChI is InChI=1S/C22H30F3N6O7P/c1-6-7-12(4)38-39(34,30-13(5)20(33)36-11(2)3)35-8-22(21(24)25)16(32)14(23)19(37-22)31-10-29-15-17(26)27-9-28-18(15)31/h6-7,9-11,13-14,16,19,21,32H,1,8H2,2-5H3,(H,30,34)(H2,26,27,28). The Bertz CT molecular complexity index is 1280. The third kappa shape index (κ3) is 6.41. The Balaban J connectivity index is 1.91. The fourth-order valence-corrected chi connectivity index (χ4v) is 5.27. The number of nitrogens with one attached hydrogen (secondary N) is 1. The number of nitrogens with two attached hydrogens (primary N) is 1. The molecule has 2 aromatic rings. The fraction of sp³-hybridized carbons (Fsp3) is 0.545. The Morgan fingerprint density at radius 3 is 2.69 bits per heavy atom. The van der Waals surface area contributed by atoms with Crippen LogP contribution in [0.3, 0.4) is 0 Å². The summed E-state index contributed by atoms with van der Waals surface area (Å²) in [7, 11) is -4.64. The average Bonchev–Trinajstić information content (AvgIpc) is 3.38. The number of anilines is 1. The molecule has 3 heterocycles. The van der Waals surface area contributed by atoms with Crippen LogP contribution in [0, 0.1) is 0 Å². The van der Waals surface area contributed by atoms with Crippen molar-refractivity contribution in [2.75, 3.05) is 12.3 Å². The zero-order valence-electron chi connectivity index (χ0n) is 21.5. The number of aromatic nitrogens is 4. The maximum atomic E-state index is 15.3. The van der Waals surface area contributed by atoms with Crippen LogP contribution in [-0.2, 0) is 27.9 Å². The molecule has 13 nitrogen and oxygen atoms in total. The molecule has 0 radical (unpaired) electrons. The van der Waals surface area contributed by atoms with E-state index in [1.165, 1.54) is 26.0 Å². The normalized spacial score (nSPS) is 26.1. The maximum Gasteiger partial charge on any atom is 0.459 e. The largest absolute Gasteiger partial charge is 0.462 e. The summed E-state index contributed by atoms with van der Waals surface area (Å²) in [5, 5.41) is 12.9. The highest BCUT2D eigenvalue weighted by Gasteiger charge is 2.62. The van der Waals surface area contributed by atoms with Gasteiger partial charge in [-0.1, -0.05) is 12.7 Å². The average molecular weight is 578 g/mol. The van der Waals surface area contributed by atoms with Crippen molar-refractivity contribution in [3.8, 4) is 0 Å². The highest BCUT2D eigenvalue weighted by Crippen LogP contribution is 2.51. The van der Waals surface area contributed by atoms with Gasteiger partial charge in [0.05, 0.1) is 19.0 Å². The van der Waals surface area contributed by atoms with Crippen LogP contribution in [0.1, 0.15) is 33.9 Å². The number of hydrogen-bond acceptors (Lipinski definition) is 11. The van der Waals surface area contributed by atoms with E-state index < -0.39 is 63.0 Å². The second-order valence-corrected chi connectivity index (χ2v) is 10.6. The molecule has 0 bridgehead atoms. The van der Waals surface area contributed by atoms with E-state index in [1.54, 1.807) is 13.8 Å². The molecule has 39 heavy (non-hydrogen) atoms. The monoisotopic (exact) mass is 578 g/mol. The molecule has 1 aliphatic rings. The Morgan fingerprint density at radius 2 is 2.08 bits per heavy atom. The number of nitrogen functional groups attached to an aromatic ring is 1. The summed E-state index contributed by atoms with van der Waals surface area (Å²) in [4.78, 5) is 23.9. The van der Waals surface area contributed by atoms with Gasteiger partial charge in [0.25, 0.3) is 6.43 Å². The molecular weight excluding hydrogens is 548 g/mol. The quantitative estimate of drug-likeness (QED) is 0.146. The van der Waals surface area contributed by atoms with E-state index in [0.717, 1.165) is 17.2 Å². The predicted molar refractivity (Wildman–Crippen MR) is 132 cm³/mol. The summed E-state index contributed by atoms with van der Waals surface area (Å²) in [6.45, 7) is 7.99. The van der Waals surface area contributed by atoms with Crippen LogP contribution in [0.4, 0.5) is 19.0 Å². The summed E-state index contributed by atoms with van der Waals surface area (Å²) in [6, 6.07) is -1.28. The fourth-order valence-electron chi connectivity index (χ4n) is 3.70. The van der Waals surface area contributed by atoms with Crippen molar-refractivity contribution in [3.63, 3.8) is 0 Å². The lowest BCUT2D eigenvalue weighted by molar-refractivity contribution is -0.192. The molecule has 0 amide bonds. The smallest absolute Gasteiger partial charge is 0.459 e. The first kappa shape index (κ1) is 30.5. The first-order chi connectivity index (χ1) is 18.2. The number of aliphatic hydroxyl groups is 1. The van der Waals surface area contributed by atoms with Gasteiger partial charge in [-0.05, 0) is 33.8 Å². The van der Waals surface area contributed by atoms with Crippen molar-refractivity contribution >= 4 is 30.7 Å². The topological polar surface area (TPSA) is 173 Å². The van der Waals surface area contributed by atoms with Crippen LogP contribution in [0.25, 0.3) is 11.2 Å². The highest BCUT2D eigenvalue weighted by atomic mass is 31.2. The summed E-state index contributed by atoms with van der Waals surface area (Å²) >= 11 is 0. The molecule has 3 rings (SSSR count). The molecule has 1 fully saturated rings. The molecule has 0 spiro atoms. The number of alkyl halides is 3. The van der Waals surface area contributed by atoms with Gasteiger partial charge in [-0.3, -0.25) is 13.9 Å². The van der Waals surface area contributed by atoms with Gasteiger partial charge >= 0.3 is 13.7 Å². The number of hydrogen-bond donors (Lipinski definition) is 3. The SMILES string of the molecule is C=CC=C(C)OP(=O)(NC(C)C(=O)OC(C)C)OCC1(C(F)F)OC(n2cnc3c(N)ncnc32)C(F)C1O. The second-order valence-electron chi connectivity index (χ2n) is 8.95. The third-order valence-electron chi connectivity index (χ3n) is 5.58. The van der Waals surface area contributed by atoms with Gasteiger partial charge in [0, 0.05) is 0 Å². The van der Waals surface area contributed by atoms with E-state index in [0.29, 0.717) is 0 Å². The minimum absolute atomic E-state index is 0.0207. The Morgan fingerprint density at radius 1 is 1.38 bits per heavy atom. The molecule has 6 unspecified atom stereocenters. The second kappa shape index (κ2) is 12.0. The molecule has 6 atom stereocenters. The first-order valence-electron chi connectivity index (χ1n) is 11.7. The van der Waals surface area contributed by atoms with Gasteiger partial charge in [0.15, 0.2) is 29.5 Å². The van der Waals surface area contributed by atoms with Crippen LogP contribution >= 0.6 is 7.75 Å². The zero-order chi connectivity index (χ0) is 29.1. The van der Waals surface area contributed by atoms with Crippen molar-refractivity contribution < 1.29 is 46.2 Å². The van der Waals surface area contributed by atoms with Gasteiger partial charge in [0.2, 0.25) is 0 Å². The predicted octanol–water partition coefficient (Wildman–Crippen LogP) is 2.80. The van der Waals surface area contributed by atoms with E-state index in [4.69, 9.17) is 24.3 Å². The maximum absolute atomic E-state index is 15.3. The number of aliphatic hydroxyl groups excluding tert-OH is 1. The molecule has 1 saturated heterocycles. The number of carbonyl (C=O) groups excluding carboxylic acids is 1. The number of ether oxygens (including phenoxy) is 2. The number of nitrogens with zero attached hydrogens (tertiary/aromatic N) is 4. The van der Waals surface area contributed by atoms with E-state index in [2.05, 4.69) is 26.6 Å². The molecule has 0 saturated carbocycles. The van der Waals surface area contributed by atoms with Crippen molar-refractivity contribution in [1.29, 1.82) is 0 Å². The number of halogens is 3. The highest BCUT2D eigenvalue weighted by molar-refractivity contribution is 7.51. The van der Waals surface area contributed by atoms with Crippen molar-refractivity contribution in [2.24, 2.45) is 0 Å². The summed E-state index contributed by atoms with van der Waals surface area (Å²) in [5.74, 6) is -0.901. The number of imidazole rings is 1. The minimum atomic E-state index is -4.64. The number of rotatable bonds is 12. The summed E-state index contributed by atoms with van der Waals surface area (Å²) in [5.41, 5.74) is 2.74. The van der Waals surface area contributed by atoms with E-state index in [1.807, 2.05) is 0 Å². The summed E-state index contributed by atoms with van der Waals surface area (Å²) in [6.07, 6.45) is -6.07. The number of esters is 1. The van der Waals surface area contributed by atoms with Gasteiger partial charge < -0.3 is 24.8 Å². The van der Waals surface area contributed by atoms with Crippen LogP contribution in [-0.4, -0.2) is 73.6 Å². The van der Waals surface area contributed by atoms with Gasteiger partial charge in [-0.2, -0.15) is 5.09 Å². The number of carbonyl (C=O) groups is 1. The van der Waals surface area contributed by atoms with Crippen LogP contribution in [0.5, 0.6) is 0 Å². The first-order valence-corrected chi connectivity index (χ1v) is 13.2. The Kier molecular flexibility index (Phi) is 9.39. The van der Waals surface area contributed by atoms with Crippen molar-refractivity contribution in [1.82, 2.24) is 24.6 Å². The molecule has 1 aliphatic heterocycles. The molecular formula is C22H30F3N6O7P. The molecule has 4 N–H and O–H groups in total. The van der Waals surface area contributed by atoms with Crippen LogP contribution in [0.2, 0.25) is 0 Å². The molecule has 2 aromatic heterocycles. The number of fused-ring (bicyclic) bond motifs is 1. The Hall–Kier alpha value is -3.04. The van der Waals surface area contributed by atoms with E-state index in [9.17, 15) is 23.2 Å². The lowest BCUT2D eigenvalue weighted by Crippen LogP contribution is -2.52. The van der Waals surface area contributed by atoms with Crippen molar-refractivity contribution in [3.05, 3.63) is 37.1 Å². The van der Waals surface area contributed by atoms with Gasteiger partial charge in [0.1, 0.15) is 29.7 Å². The molecule has 0 aliphatic carbocycles. The van der Waals surface area contributed by atoms with Crippen LogP contribution in [0.15, 0.2) is 37.1 Å². The molecule has 216 valence electrons. The molecule has 17 heteroatoms. The number of allylic oxidation sites excluding steroid dienone is 3. The van der Waals surface area contributed by atoms with Gasteiger partial charge in [-0.25, -0.2) is 32.7 Å². The van der Waals surface area contributed by atoms with E-state index >= 15 is 4.39 Å². The third-order valence-corrected chi connectivity index (χ3v) is 7.28. The Labute approximate surface area is 221 Å². The van der Waals surface area contributed by atoms with Gasteiger partial charge in [-0.15, -0.1) is 0 Å².